The quantitative estimate of drug-likeness (QED) is 0.342. The number of carbonyl (C=O) groups excluding carboxylic acids is 1. The highest BCUT2D eigenvalue weighted by Crippen LogP contribution is 2.05. The lowest BCUT2D eigenvalue weighted by Gasteiger charge is -2.12. The summed E-state index contributed by atoms with van der Waals surface area (Å²) in [4.78, 5) is 15.9. The Morgan fingerprint density at radius 3 is 2.68 bits per heavy atom. The van der Waals surface area contributed by atoms with Crippen LogP contribution in [0.25, 0.3) is 0 Å². The SMILES string of the molecule is CN=C(NCCCOCC(C)C)NCCc1cccc(C(=O)NC)c1. The number of guanidine groups is 1. The molecule has 1 aromatic carbocycles. The maximum Gasteiger partial charge on any atom is 0.251 e. The molecule has 1 amide bonds. The molecule has 0 aliphatic rings. The summed E-state index contributed by atoms with van der Waals surface area (Å²) in [5.41, 5.74) is 1.80. The van der Waals surface area contributed by atoms with Gasteiger partial charge in [-0.2, -0.15) is 0 Å². The van der Waals surface area contributed by atoms with Gasteiger partial charge in [0.25, 0.3) is 5.91 Å². The number of amides is 1. The lowest BCUT2D eigenvalue weighted by Crippen LogP contribution is -2.39. The molecule has 25 heavy (non-hydrogen) atoms. The zero-order valence-electron chi connectivity index (χ0n) is 15.9. The van der Waals surface area contributed by atoms with Crippen LogP contribution in [0.4, 0.5) is 0 Å². The average Bonchev–Trinajstić information content (AvgIpc) is 2.62. The first-order chi connectivity index (χ1) is 12.1. The van der Waals surface area contributed by atoms with E-state index >= 15 is 0 Å². The Kier molecular flexibility index (Phi) is 10.3. The second-order valence-corrected chi connectivity index (χ2v) is 6.28. The van der Waals surface area contributed by atoms with Gasteiger partial charge in [0.2, 0.25) is 0 Å². The Balaban J connectivity index is 2.26. The van der Waals surface area contributed by atoms with Gasteiger partial charge in [-0.25, -0.2) is 0 Å². The second kappa shape index (κ2) is 12.3. The lowest BCUT2D eigenvalue weighted by atomic mass is 10.1. The predicted octanol–water partition coefficient (Wildman–Crippen LogP) is 1.82. The van der Waals surface area contributed by atoms with Crippen molar-refractivity contribution in [2.45, 2.75) is 26.7 Å². The van der Waals surface area contributed by atoms with Gasteiger partial charge in [0.1, 0.15) is 0 Å². The summed E-state index contributed by atoms with van der Waals surface area (Å²) in [5.74, 6) is 1.29. The Hall–Kier alpha value is -2.08. The molecule has 0 spiro atoms. The third kappa shape index (κ3) is 9.10. The van der Waals surface area contributed by atoms with Crippen molar-refractivity contribution in [3.63, 3.8) is 0 Å². The molecule has 0 saturated carbocycles. The number of hydrogen-bond acceptors (Lipinski definition) is 3. The molecule has 0 aliphatic heterocycles. The van der Waals surface area contributed by atoms with E-state index in [2.05, 4.69) is 34.8 Å². The summed E-state index contributed by atoms with van der Waals surface area (Å²) < 4.78 is 5.56. The molecule has 0 radical (unpaired) electrons. The molecule has 0 unspecified atom stereocenters. The van der Waals surface area contributed by atoms with Crippen LogP contribution >= 0.6 is 0 Å². The molecule has 140 valence electrons. The molecule has 0 heterocycles. The van der Waals surface area contributed by atoms with Gasteiger partial charge in [0.05, 0.1) is 0 Å². The highest BCUT2D eigenvalue weighted by Gasteiger charge is 2.04. The van der Waals surface area contributed by atoms with Crippen LogP contribution in [0.5, 0.6) is 0 Å². The van der Waals surface area contributed by atoms with Gasteiger partial charge in [0.15, 0.2) is 5.96 Å². The average molecular weight is 348 g/mol. The lowest BCUT2D eigenvalue weighted by molar-refractivity contribution is 0.0963. The first-order valence-corrected chi connectivity index (χ1v) is 8.90. The van der Waals surface area contributed by atoms with Crippen molar-refractivity contribution in [3.8, 4) is 0 Å². The Bertz CT molecular complexity index is 544. The van der Waals surface area contributed by atoms with Gasteiger partial charge in [-0.3, -0.25) is 9.79 Å². The third-order valence-corrected chi connectivity index (χ3v) is 3.56. The van der Waals surface area contributed by atoms with Gasteiger partial charge in [-0.05, 0) is 36.5 Å². The number of carbonyl (C=O) groups is 1. The van der Waals surface area contributed by atoms with E-state index in [1.807, 2.05) is 24.3 Å². The summed E-state index contributed by atoms with van der Waals surface area (Å²) in [7, 11) is 3.40. The van der Waals surface area contributed by atoms with Crippen LogP contribution < -0.4 is 16.0 Å². The van der Waals surface area contributed by atoms with Crippen LogP contribution in [0.15, 0.2) is 29.3 Å². The monoisotopic (exact) mass is 348 g/mol. The largest absolute Gasteiger partial charge is 0.381 e. The van der Waals surface area contributed by atoms with Crippen LogP contribution in [0, 0.1) is 5.92 Å². The predicted molar refractivity (Wildman–Crippen MR) is 103 cm³/mol. The third-order valence-electron chi connectivity index (χ3n) is 3.56. The second-order valence-electron chi connectivity index (χ2n) is 6.28. The summed E-state index contributed by atoms with van der Waals surface area (Å²) in [6.07, 6.45) is 1.77. The minimum atomic E-state index is -0.0630. The van der Waals surface area contributed by atoms with Gasteiger partial charge >= 0.3 is 0 Å². The van der Waals surface area contributed by atoms with Crippen molar-refractivity contribution in [3.05, 3.63) is 35.4 Å². The van der Waals surface area contributed by atoms with Gasteiger partial charge < -0.3 is 20.7 Å². The van der Waals surface area contributed by atoms with Gasteiger partial charge in [-0.1, -0.05) is 26.0 Å². The molecule has 0 bridgehead atoms. The minimum Gasteiger partial charge on any atom is -0.381 e. The van der Waals surface area contributed by atoms with Gasteiger partial charge in [0, 0.05) is 46.0 Å². The topological polar surface area (TPSA) is 74.8 Å². The molecule has 6 nitrogen and oxygen atoms in total. The number of benzene rings is 1. The number of nitrogens with one attached hydrogen (secondary N) is 3. The maximum atomic E-state index is 11.7. The summed E-state index contributed by atoms with van der Waals surface area (Å²) in [6.45, 7) is 7.43. The fourth-order valence-electron chi connectivity index (χ4n) is 2.26. The van der Waals surface area contributed by atoms with Crippen LogP contribution in [0.3, 0.4) is 0 Å². The van der Waals surface area contributed by atoms with E-state index in [0.717, 1.165) is 50.7 Å². The summed E-state index contributed by atoms with van der Waals surface area (Å²) in [6, 6.07) is 7.67. The number of aliphatic imine (C=N–C) groups is 1. The van der Waals surface area contributed by atoms with Gasteiger partial charge in [-0.15, -0.1) is 0 Å². The fourth-order valence-corrected chi connectivity index (χ4v) is 2.26. The molecular weight excluding hydrogens is 316 g/mol. The first-order valence-electron chi connectivity index (χ1n) is 8.90. The summed E-state index contributed by atoms with van der Waals surface area (Å²) in [5, 5.41) is 9.21. The fraction of sp³-hybridized carbons (Fsp3) is 0.579. The Labute approximate surface area is 151 Å². The number of nitrogens with zero attached hydrogens (tertiary/aromatic N) is 1. The van der Waals surface area contributed by atoms with E-state index in [0.29, 0.717) is 11.5 Å². The van der Waals surface area contributed by atoms with Crippen molar-refractivity contribution in [2.75, 3.05) is 40.4 Å². The molecule has 0 atom stereocenters. The molecule has 1 rings (SSSR count). The molecule has 0 aromatic heterocycles. The van der Waals surface area contributed by atoms with Crippen molar-refractivity contribution < 1.29 is 9.53 Å². The molecule has 0 aliphatic carbocycles. The Morgan fingerprint density at radius 2 is 2.00 bits per heavy atom. The first kappa shape index (κ1) is 21.0. The number of ether oxygens (including phenoxy) is 1. The molecule has 6 heteroatoms. The maximum absolute atomic E-state index is 11.7. The zero-order chi connectivity index (χ0) is 18.5. The molecular formula is C19H32N4O2. The van der Waals surface area contributed by atoms with Crippen LogP contribution in [-0.4, -0.2) is 52.3 Å². The van der Waals surface area contributed by atoms with E-state index in [1.54, 1.807) is 14.1 Å². The van der Waals surface area contributed by atoms with Crippen LogP contribution in [0.1, 0.15) is 36.2 Å². The van der Waals surface area contributed by atoms with E-state index in [1.165, 1.54) is 0 Å². The van der Waals surface area contributed by atoms with Crippen molar-refractivity contribution in [2.24, 2.45) is 10.9 Å². The van der Waals surface area contributed by atoms with E-state index in [4.69, 9.17) is 4.74 Å². The standard InChI is InChI=1S/C19H32N4O2/c1-15(2)14-25-12-6-10-22-19(21-4)23-11-9-16-7-5-8-17(13-16)18(24)20-3/h5,7-8,13,15H,6,9-12,14H2,1-4H3,(H,20,24)(H2,21,22,23). The minimum absolute atomic E-state index is 0.0630. The van der Waals surface area contributed by atoms with Crippen molar-refractivity contribution in [1.29, 1.82) is 0 Å². The van der Waals surface area contributed by atoms with E-state index in [-0.39, 0.29) is 5.91 Å². The molecule has 0 fully saturated rings. The smallest absolute Gasteiger partial charge is 0.251 e. The Morgan fingerprint density at radius 1 is 1.24 bits per heavy atom. The van der Waals surface area contributed by atoms with E-state index in [9.17, 15) is 4.79 Å². The molecule has 0 saturated heterocycles. The van der Waals surface area contributed by atoms with Crippen molar-refractivity contribution in [1.82, 2.24) is 16.0 Å². The zero-order valence-corrected chi connectivity index (χ0v) is 15.9. The number of rotatable bonds is 10. The normalized spacial score (nSPS) is 11.5. The van der Waals surface area contributed by atoms with Crippen LogP contribution in [0.2, 0.25) is 0 Å². The highest BCUT2D eigenvalue weighted by atomic mass is 16.5. The molecule has 1 aromatic rings. The number of hydrogen-bond donors (Lipinski definition) is 3. The molecule has 3 N–H and O–H groups in total. The summed E-state index contributed by atoms with van der Waals surface area (Å²) >= 11 is 0. The highest BCUT2D eigenvalue weighted by molar-refractivity contribution is 5.94. The van der Waals surface area contributed by atoms with E-state index < -0.39 is 0 Å². The van der Waals surface area contributed by atoms with Crippen molar-refractivity contribution >= 4 is 11.9 Å². The van der Waals surface area contributed by atoms with Crippen LogP contribution in [-0.2, 0) is 11.2 Å².